The van der Waals surface area contributed by atoms with Crippen LogP contribution in [0.25, 0.3) is 11.4 Å². The predicted molar refractivity (Wildman–Crippen MR) is 82.8 cm³/mol. The third-order valence-corrected chi connectivity index (χ3v) is 3.19. The van der Waals surface area contributed by atoms with Gasteiger partial charge in [0.05, 0.1) is 6.10 Å². The van der Waals surface area contributed by atoms with Gasteiger partial charge in [0.1, 0.15) is 5.75 Å². The maximum absolute atomic E-state index is 5.75. The molecule has 0 radical (unpaired) electrons. The van der Waals surface area contributed by atoms with Crippen molar-refractivity contribution in [2.24, 2.45) is 0 Å². The Morgan fingerprint density at radius 1 is 1.10 bits per heavy atom. The highest BCUT2D eigenvalue weighted by atomic mass is 16.5. The number of hydrogen-bond donors (Lipinski definition) is 1. The van der Waals surface area contributed by atoms with E-state index < -0.39 is 0 Å². The monoisotopic (exact) mass is 285 g/mol. The van der Waals surface area contributed by atoms with E-state index in [2.05, 4.69) is 20.3 Å². The second kappa shape index (κ2) is 5.55. The van der Waals surface area contributed by atoms with E-state index in [-0.39, 0.29) is 0 Å². The first kappa shape index (κ1) is 13.6. The molecule has 0 amide bonds. The summed E-state index contributed by atoms with van der Waals surface area (Å²) in [5.74, 6) is 2.73. The van der Waals surface area contributed by atoms with Crippen LogP contribution in [0.2, 0.25) is 0 Å². The standard InChI is InChI=1S/C15H19N5O/c1-16-14-17-13(18-15(19-14)20(2)3)10-4-6-11(7-5-10)21-12-8-9-12/h4-7,12H,8-9H2,1-3H3,(H,16,17,18,19). The maximum Gasteiger partial charge on any atom is 0.230 e. The largest absolute Gasteiger partial charge is 0.490 e. The number of nitrogens with zero attached hydrogens (tertiary/aromatic N) is 4. The van der Waals surface area contributed by atoms with E-state index in [9.17, 15) is 0 Å². The molecule has 1 aliphatic rings. The summed E-state index contributed by atoms with van der Waals surface area (Å²) in [7, 11) is 5.61. The number of benzene rings is 1. The summed E-state index contributed by atoms with van der Waals surface area (Å²) in [5.41, 5.74) is 0.945. The van der Waals surface area contributed by atoms with Crippen molar-refractivity contribution in [1.29, 1.82) is 0 Å². The SMILES string of the molecule is CNc1nc(-c2ccc(OC3CC3)cc2)nc(N(C)C)n1. The third kappa shape index (κ3) is 3.21. The Kier molecular flexibility index (Phi) is 3.60. The van der Waals surface area contributed by atoms with Crippen LogP contribution in [0.15, 0.2) is 24.3 Å². The van der Waals surface area contributed by atoms with E-state index in [0.29, 0.717) is 23.8 Å². The summed E-state index contributed by atoms with van der Waals surface area (Å²) in [6.07, 6.45) is 2.73. The van der Waals surface area contributed by atoms with Gasteiger partial charge in [-0.2, -0.15) is 15.0 Å². The quantitative estimate of drug-likeness (QED) is 0.908. The van der Waals surface area contributed by atoms with Gasteiger partial charge in [-0.15, -0.1) is 0 Å². The fourth-order valence-electron chi connectivity index (χ4n) is 1.87. The average Bonchev–Trinajstić information content (AvgIpc) is 3.31. The van der Waals surface area contributed by atoms with E-state index in [1.165, 1.54) is 0 Å². The lowest BCUT2D eigenvalue weighted by Gasteiger charge is -2.12. The molecule has 0 saturated heterocycles. The zero-order valence-electron chi connectivity index (χ0n) is 12.5. The summed E-state index contributed by atoms with van der Waals surface area (Å²) in [6, 6.07) is 7.88. The Morgan fingerprint density at radius 2 is 1.81 bits per heavy atom. The molecular weight excluding hydrogens is 266 g/mol. The highest BCUT2D eigenvalue weighted by Gasteiger charge is 2.23. The smallest absolute Gasteiger partial charge is 0.230 e. The molecule has 0 atom stereocenters. The molecule has 110 valence electrons. The van der Waals surface area contributed by atoms with Gasteiger partial charge in [0.15, 0.2) is 5.82 Å². The molecule has 6 heteroatoms. The van der Waals surface area contributed by atoms with E-state index in [4.69, 9.17) is 4.74 Å². The minimum Gasteiger partial charge on any atom is -0.490 e. The highest BCUT2D eigenvalue weighted by Crippen LogP contribution is 2.28. The molecule has 1 aromatic carbocycles. The number of rotatable bonds is 5. The molecule has 0 spiro atoms. The van der Waals surface area contributed by atoms with Crippen LogP contribution in [-0.2, 0) is 0 Å². The van der Waals surface area contributed by atoms with Gasteiger partial charge in [-0.1, -0.05) is 0 Å². The van der Waals surface area contributed by atoms with Crippen LogP contribution in [0.5, 0.6) is 5.75 Å². The molecule has 1 N–H and O–H groups in total. The lowest BCUT2D eigenvalue weighted by Crippen LogP contribution is -2.15. The Morgan fingerprint density at radius 3 is 2.38 bits per heavy atom. The molecule has 1 heterocycles. The van der Waals surface area contributed by atoms with Gasteiger partial charge >= 0.3 is 0 Å². The van der Waals surface area contributed by atoms with Crippen molar-refractivity contribution >= 4 is 11.9 Å². The molecule has 0 bridgehead atoms. The van der Waals surface area contributed by atoms with Crippen molar-refractivity contribution < 1.29 is 4.74 Å². The van der Waals surface area contributed by atoms with Crippen molar-refractivity contribution in [3.05, 3.63) is 24.3 Å². The van der Waals surface area contributed by atoms with E-state index in [1.807, 2.05) is 43.3 Å². The Labute approximate surface area is 124 Å². The first-order valence-corrected chi connectivity index (χ1v) is 7.04. The van der Waals surface area contributed by atoms with Crippen LogP contribution >= 0.6 is 0 Å². The van der Waals surface area contributed by atoms with Crippen molar-refractivity contribution in [1.82, 2.24) is 15.0 Å². The Bertz CT molecular complexity index is 622. The number of nitrogens with one attached hydrogen (secondary N) is 1. The van der Waals surface area contributed by atoms with E-state index in [0.717, 1.165) is 24.2 Å². The second-order valence-electron chi connectivity index (χ2n) is 5.27. The molecule has 1 saturated carbocycles. The van der Waals surface area contributed by atoms with Crippen LogP contribution in [-0.4, -0.2) is 42.2 Å². The highest BCUT2D eigenvalue weighted by molar-refractivity contribution is 5.59. The molecule has 1 aromatic heterocycles. The third-order valence-electron chi connectivity index (χ3n) is 3.19. The molecule has 0 unspecified atom stereocenters. The predicted octanol–water partition coefficient (Wildman–Crippen LogP) is 2.19. The van der Waals surface area contributed by atoms with Crippen LogP contribution in [0.4, 0.5) is 11.9 Å². The first-order chi connectivity index (χ1) is 10.2. The topological polar surface area (TPSA) is 63.2 Å². The fraction of sp³-hybridized carbons (Fsp3) is 0.400. The van der Waals surface area contributed by atoms with Gasteiger partial charge < -0.3 is 15.0 Å². The molecule has 6 nitrogen and oxygen atoms in total. The Balaban J connectivity index is 1.89. The van der Waals surface area contributed by atoms with Crippen molar-refractivity contribution in [2.75, 3.05) is 31.4 Å². The van der Waals surface area contributed by atoms with Gasteiger partial charge in [0.25, 0.3) is 0 Å². The number of hydrogen-bond acceptors (Lipinski definition) is 6. The van der Waals surface area contributed by atoms with Gasteiger partial charge in [-0.05, 0) is 37.1 Å². The van der Waals surface area contributed by atoms with Gasteiger partial charge in [0, 0.05) is 26.7 Å². The summed E-state index contributed by atoms with van der Waals surface area (Å²) in [6.45, 7) is 0. The lowest BCUT2D eigenvalue weighted by molar-refractivity contribution is 0.303. The molecule has 21 heavy (non-hydrogen) atoms. The van der Waals surface area contributed by atoms with Crippen LogP contribution in [0.1, 0.15) is 12.8 Å². The summed E-state index contributed by atoms with van der Waals surface area (Å²) in [5, 5.41) is 2.96. The van der Waals surface area contributed by atoms with Crippen molar-refractivity contribution in [3.63, 3.8) is 0 Å². The van der Waals surface area contributed by atoms with Crippen LogP contribution in [0.3, 0.4) is 0 Å². The van der Waals surface area contributed by atoms with Gasteiger partial charge in [0.2, 0.25) is 11.9 Å². The fourth-order valence-corrected chi connectivity index (χ4v) is 1.87. The van der Waals surface area contributed by atoms with E-state index in [1.54, 1.807) is 7.05 Å². The molecule has 0 aliphatic heterocycles. The second-order valence-corrected chi connectivity index (χ2v) is 5.27. The maximum atomic E-state index is 5.75. The van der Waals surface area contributed by atoms with Crippen molar-refractivity contribution in [2.45, 2.75) is 18.9 Å². The summed E-state index contributed by atoms with van der Waals surface area (Å²) in [4.78, 5) is 15.1. The van der Waals surface area contributed by atoms with Crippen LogP contribution in [0, 0.1) is 0 Å². The average molecular weight is 285 g/mol. The van der Waals surface area contributed by atoms with Gasteiger partial charge in [-0.25, -0.2) is 0 Å². The summed E-state index contributed by atoms with van der Waals surface area (Å²) >= 11 is 0. The molecule has 1 aliphatic carbocycles. The number of ether oxygens (including phenoxy) is 1. The first-order valence-electron chi connectivity index (χ1n) is 7.04. The minimum atomic E-state index is 0.407. The van der Waals surface area contributed by atoms with Crippen LogP contribution < -0.4 is 15.0 Å². The number of aromatic nitrogens is 3. The number of anilines is 2. The molecule has 3 rings (SSSR count). The Hall–Kier alpha value is -2.37. The van der Waals surface area contributed by atoms with E-state index >= 15 is 0 Å². The molecule has 2 aromatic rings. The molecular formula is C15H19N5O. The summed E-state index contributed by atoms with van der Waals surface area (Å²) < 4.78 is 5.75. The minimum absolute atomic E-state index is 0.407. The zero-order valence-corrected chi connectivity index (χ0v) is 12.5. The van der Waals surface area contributed by atoms with Crippen molar-refractivity contribution in [3.8, 4) is 17.1 Å². The zero-order chi connectivity index (χ0) is 14.8. The lowest BCUT2D eigenvalue weighted by atomic mass is 10.2. The normalized spacial score (nSPS) is 13.9. The van der Waals surface area contributed by atoms with Gasteiger partial charge in [-0.3, -0.25) is 0 Å². The molecule has 1 fully saturated rings.